The molecule has 1 aliphatic heterocycles. The molecule has 102 valence electrons. The van der Waals surface area contributed by atoms with Gasteiger partial charge in [-0.25, -0.2) is 0 Å². The van der Waals surface area contributed by atoms with Gasteiger partial charge in [-0.1, -0.05) is 30.3 Å². The summed E-state index contributed by atoms with van der Waals surface area (Å²) in [6.07, 6.45) is 0.468. The molecular formula is C16H16N2O2. The van der Waals surface area contributed by atoms with Crippen molar-refractivity contribution in [2.75, 3.05) is 12.1 Å². The Bertz CT molecular complexity index is 596. The predicted molar refractivity (Wildman–Crippen MR) is 77.4 cm³/mol. The van der Waals surface area contributed by atoms with Crippen LogP contribution in [0.4, 0.5) is 5.69 Å². The summed E-state index contributed by atoms with van der Waals surface area (Å²) in [7, 11) is 1.64. The lowest BCUT2D eigenvalue weighted by Crippen LogP contribution is -2.34. The van der Waals surface area contributed by atoms with Crippen molar-refractivity contribution in [2.45, 2.75) is 12.5 Å². The number of rotatable bonds is 3. The second-order valence-corrected chi connectivity index (χ2v) is 4.73. The van der Waals surface area contributed by atoms with Crippen molar-refractivity contribution < 1.29 is 9.53 Å². The van der Waals surface area contributed by atoms with Crippen LogP contribution >= 0.6 is 0 Å². The van der Waals surface area contributed by atoms with Crippen LogP contribution in [0, 0.1) is 0 Å². The Hall–Kier alpha value is -2.49. The van der Waals surface area contributed by atoms with E-state index < -0.39 is 0 Å². The largest absolute Gasteiger partial charge is 0.497 e. The normalized spacial score (nSPS) is 17.9. The lowest BCUT2D eigenvalue weighted by molar-refractivity contribution is -0.119. The number of carbonyl (C=O) groups is 1. The van der Waals surface area contributed by atoms with Crippen LogP contribution in [0.2, 0.25) is 0 Å². The zero-order chi connectivity index (χ0) is 13.9. The molecular weight excluding hydrogens is 252 g/mol. The third kappa shape index (κ3) is 2.32. The Morgan fingerprint density at radius 3 is 2.45 bits per heavy atom. The maximum Gasteiger partial charge on any atom is 0.241 e. The van der Waals surface area contributed by atoms with E-state index in [2.05, 4.69) is 5.43 Å². The molecule has 0 spiro atoms. The Morgan fingerprint density at radius 1 is 1.10 bits per heavy atom. The van der Waals surface area contributed by atoms with Gasteiger partial charge in [-0.05, 0) is 29.8 Å². The molecule has 4 nitrogen and oxygen atoms in total. The second kappa shape index (κ2) is 5.25. The number of nitrogens with one attached hydrogen (secondary N) is 1. The molecule has 0 aliphatic carbocycles. The minimum absolute atomic E-state index is 0.0251. The average Bonchev–Trinajstić information content (AvgIpc) is 2.90. The Labute approximate surface area is 117 Å². The van der Waals surface area contributed by atoms with Gasteiger partial charge in [0.25, 0.3) is 0 Å². The summed E-state index contributed by atoms with van der Waals surface area (Å²) < 4.78 is 5.16. The van der Waals surface area contributed by atoms with Crippen LogP contribution in [0.3, 0.4) is 0 Å². The molecule has 0 aromatic heterocycles. The smallest absolute Gasteiger partial charge is 0.241 e. The standard InChI is InChI=1S/C16H16N2O2/c1-20-14-9-7-13(8-10-14)18-15(11-16(19)17-18)12-5-3-2-4-6-12/h2-10,15H,11H2,1H3,(H,17,19). The van der Waals surface area contributed by atoms with E-state index in [9.17, 15) is 4.79 Å². The summed E-state index contributed by atoms with van der Waals surface area (Å²) in [5.74, 6) is 0.838. The highest BCUT2D eigenvalue weighted by molar-refractivity contribution is 5.83. The summed E-state index contributed by atoms with van der Waals surface area (Å²) in [6.45, 7) is 0. The first-order chi connectivity index (χ1) is 9.78. The van der Waals surface area contributed by atoms with Crippen molar-refractivity contribution >= 4 is 11.6 Å². The molecule has 1 heterocycles. The fraction of sp³-hybridized carbons (Fsp3) is 0.188. The first-order valence-corrected chi connectivity index (χ1v) is 6.55. The average molecular weight is 268 g/mol. The summed E-state index contributed by atoms with van der Waals surface area (Å²) in [6, 6.07) is 17.7. The molecule has 1 aliphatic rings. The summed E-state index contributed by atoms with van der Waals surface area (Å²) in [5.41, 5.74) is 4.99. The molecule has 1 saturated heterocycles. The molecule has 20 heavy (non-hydrogen) atoms. The van der Waals surface area contributed by atoms with Crippen molar-refractivity contribution in [3.8, 4) is 5.75 Å². The van der Waals surface area contributed by atoms with Gasteiger partial charge in [0.2, 0.25) is 5.91 Å². The van der Waals surface area contributed by atoms with Gasteiger partial charge in [-0.15, -0.1) is 0 Å². The third-order valence-electron chi connectivity index (χ3n) is 3.47. The molecule has 0 saturated carbocycles. The van der Waals surface area contributed by atoms with Gasteiger partial charge in [0, 0.05) is 0 Å². The molecule has 1 N–H and O–H groups in total. The number of carbonyl (C=O) groups excluding carboxylic acids is 1. The first-order valence-electron chi connectivity index (χ1n) is 6.55. The van der Waals surface area contributed by atoms with E-state index in [0.717, 1.165) is 17.0 Å². The first kappa shape index (κ1) is 12.5. The number of hydrazine groups is 1. The number of anilines is 1. The van der Waals surface area contributed by atoms with Crippen LogP contribution < -0.4 is 15.2 Å². The van der Waals surface area contributed by atoms with Gasteiger partial charge in [0.1, 0.15) is 5.75 Å². The van der Waals surface area contributed by atoms with Crippen LogP contribution in [0.25, 0.3) is 0 Å². The van der Waals surface area contributed by atoms with E-state index in [1.807, 2.05) is 59.6 Å². The SMILES string of the molecule is COc1ccc(N2NC(=O)CC2c2ccccc2)cc1. The van der Waals surface area contributed by atoms with E-state index >= 15 is 0 Å². The van der Waals surface area contributed by atoms with Crippen LogP contribution in [0.1, 0.15) is 18.0 Å². The zero-order valence-electron chi connectivity index (χ0n) is 11.2. The molecule has 4 heteroatoms. The molecule has 3 rings (SSSR count). The van der Waals surface area contributed by atoms with Gasteiger partial charge in [0.05, 0.1) is 25.3 Å². The van der Waals surface area contributed by atoms with Gasteiger partial charge < -0.3 is 4.74 Å². The van der Waals surface area contributed by atoms with Gasteiger partial charge in [-0.2, -0.15) is 0 Å². The maximum atomic E-state index is 11.8. The third-order valence-corrected chi connectivity index (χ3v) is 3.47. The lowest BCUT2D eigenvalue weighted by Gasteiger charge is -2.25. The second-order valence-electron chi connectivity index (χ2n) is 4.73. The number of hydrogen-bond donors (Lipinski definition) is 1. The molecule has 1 amide bonds. The molecule has 1 atom stereocenters. The maximum absolute atomic E-state index is 11.8. The fourth-order valence-electron chi connectivity index (χ4n) is 2.45. The highest BCUT2D eigenvalue weighted by atomic mass is 16.5. The Morgan fingerprint density at radius 2 is 1.80 bits per heavy atom. The highest BCUT2D eigenvalue weighted by Crippen LogP contribution is 2.32. The topological polar surface area (TPSA) is 41.6 Å². The number of amides is 1. The molecule has 1 fully saturated rings. The minimum atomic E-state index is 0.0251. The number of ether oxygens (including phenoxy) is 1. The van der Waals surface area contributed by atoms with Gasteiger partial charge in [-0.3, -0.25) is 15.2 Å². The van der Waals surface area contributed by atoms with Crippen molar-refractivity contribution in [3.05, 3.63) is 60.2 Å². The predicted octanol–water partition coefficient (Wildman–Crippen LogP) is 2.68. The van der Waals surface area contributed by atoms with E-state index in [1.54, 1.807) is 7.11 Å². The van der Waals surface area contributed by atoms with Gasteiger partial charge >= 0.3 is 0 Å². The summed E-state index contributed by atoms with van der Waals surface area (Å²) >= 11 is 0. The van der Waals surface area contributed by atoms with Crippen LogP contribution in [0.5, 0.6) is 5.75 Å². The molecule has 2 aromatic carbocycles. The molecule has 2 aromatic rings. The summed E-state index contributed by atoms with van der Waals surface area (Å²) in [5, 5.41) is 1.91. The number of benzene rings is 2. The van der Waals surface area contributed by atoms with E-state index in [4.69, 9.17) is 4.74 Å². The van der Waals surface area contributed by atoms with E-state index in [0.29, 0.717) is 6.42 Å². The Balaban J connectivity index is 1.91. The van der Waals surface area contributed by atoms with E-state index in [1.165, 1.54) is 0 Å². The number of hydrogen-bond acceptors (Lipinski definition) is 3. The van der Waals surface area contributed by atoms with Crippen molar-refractivity contribution in [2.24, 2.45) is 0 Å². The van der Waals surface area contributed by atoms with Gasteiger partial charge in [0.15, 0.2) is 0 Å². The monoisotopic (exact) mass is 268 g/mol. The summed E-state index contributed by atoms with van der Waals surface area (Å²) in [4.78, 5) is 11.8. The van der Waals surface area contributed by atoms with Crippen molar-refractivity contribution in [1.29, 1.82) is 0 Å². The number of methoxy groups -OCH3 is 1. The van der Waals surface area contributed by atoms with Crippen molar-refractivity contribution in [1.82, 2.24) is 5.43 Å². The Kier molecular flexibility index (Phi) is 3.29. The minimum Gasteiger partial charge on any atom is -0.497 e. The number of nitrogens with zero attached hydrogens (tertiary/aromatic N) is 1. The molecule has 0 bridgehead atoms. The molecule has 0 radical (unpaired) electrons. The highest BCUT2D eigenvalue weighted by Gasteiger charge is 2.31. The fourth-order valence-corrected chi connectivity index (χ4v) is 2.45. The van der Waals surface area contributed by atoms with Crippen LogP contribution in [-0.4, -0.2) is 13.0 Å². The van der Waals surface area contributed by atoms with Crippen molar-refractivity contribution in [3.63, 3.8) is 0 Å². The van der Waals surface area contributed by atoms with Crippen LogP contribution in [-0.2, 0) is 4.79 Å². The molecule has 1 unspecified atom stereocenters. The lowest BCUT2D eigenvalue weighted by atomic mass is 10.0. The van der Waals surface area contributed by atoms with Crippen LogP contribution in [0.15, 0.2) is 54.6 Å². The zero-order valence-corrected chi connectivity index (χ0v) is 11.2. The van der Waals surface area contributed by atoms with E-state index in [-0.39, 0.29) is 11.9 Å². The quantitative estimate of drug-likeness (QED) is 0.930.